The van der Waals surface area contributed by atoms with Gasteiger partial charge in [0.05, 0.1) is 5.56 Å². The highest BCUT2D eigenvalue weighted by molar-refractivity contribution is 5.95. The van der Waals surface area contributed by atoms with Gasteiger partial charge in [-0.15, -0.1) is 0 Å². The number of amides is 1. The van der Waals surface area contributed by atoms with Crippen LogP contribution in [0.3, 0.4) is 0 Å². The Labute approximate surface area is 126 Å². The number of carbonyl (C=O) groups is 2. The van der Waals surface area contributed by atoms with Crippen molar-refractivity contribution < 1.29 is 14.7 Å². The van der Waals surface area contributed by atoms with E-state index >= 15 is 0 Å². The number of nitrogens with one attached hydrogen (secondary N) is 1. The molecule has 2 N–H and O–H groups in total. The molecule has 116 valence electrons. The molecule has 1 aromatic rings. The van der Waals surface area contributed by atoms with Crippen molar-refractivity contribution in [2.24, 2.45) is 5.41 Å². The van der Waals surface area contributed by atoms with E-state index in [-0.39, 0.29) is 16.9 Å². The minimum absolute atomic E-state index is 0.0752. The summed E-state index contributed by atoms with van der Waals surface area (Å²) in [4.78, 5) is 22.8. The zero-order valence-electron chi connectivity index (χ0n) is 13.1. The summed E-state index contributed by atoms with van der Waals surface area (Å²) < 4.78 is 0. The predicted molar refractivity (Wildman–Crippen MR) is 83.7 cm³/mol. The molecular weight excluding hydrogens is 266 g/mol. The normalized spacial score (nSPS) is 11.2. The van der Waals surface area contributed by atoms with E-state index in [4.69, 9.17) is 5.11 Å². The van der Waals surface area contributed by atoms with Crippen LogP contribution in [0.25, 0.3) is 0 Å². The molecule has 1 aromatic carbocycles. The Morgan fingerprint density at radius 2 is 1.67 bits per heavy atom. The number of rotatable bonds is 8. The van der Waals surface area contributed by atoms with Crippen LogP contribution in [0.5, 0.6) is 0 Å². The topological polar surface area (TPSA) is 66.4 Å². The summed E-state index contributed by atoms with van der Waals surface area (Å²) >= 11 is 0. The zero-order valence-corrected chi connectivity index (χ0v) is 13.1. The highest BCUT2D eigenvalue weighted by Gasteiger charge is 2.18. The lowest BCUT2D eigenvalue weighted by Crippen LogP contribution is -2.34. The van der Waals surface area contributed by atoms with E-state index in [1.54, 1.807) is 12.1 Å². The number of unbranched alkanes of at least 4 members (excludes halogenated alkanes) is 2. The lowest BCUT2D eigenvalue weighted by atomic mass is 9.87. The molecule has 1 amide bonds. The first kappa shape index (κ1) is 17.2. The zero-order chi connectivity index (χ0) is 15.9. The first-order valence-electron chi connectivity index (χ1n) is 7.47. The van der Waals surface area contributed by atoms with Crippen LogP contribution in [-0.2, 0) is 0 Å². The minimum atomic E-state index is -0.987. The molecule has 0 saturated carbocycles. The molecule has 0 bridgehead atoms. The molecule has 0 aromatic heterocycles. The molecule has 0 spiro atoms. The summed E-state index contributed by atoms with van der Waals surface area (Å²) in [6.45, 7) is 7.10. The average molecular weight is 291 g/mol. The fraction of sp³-hybridized carbons (Fsp3) is 0.529. The van der Waals surface area contributed by atoms with Crippen LogP contribution in [0.2, 0.25) is 0 Å². The van der Waals surface area contributed by atoms with Gasteiger partial charge in [-0.2, -0.15) is 0 Å². The molecule has 4 heteroatoms. The Morgan fingerprint density at radius 1 is 1.10 bits per heavy atom. The number of hydrogen-bond donors (Lipinski definition) is 2. The van der Waals surface area contributed by atoms with Crippen LogP contribution < -0.4 is 5.32 Å². The molecule has 0 saturated heterocycles. The van der Waals surface area contributed by atoms with Crippen LogP contribution in [0, 0.1) is 5.41 Å². The molecule has 0 aliphatic carbocycles. The Kier molecular flexibility index (Phi) is 6.40. The molecule has 0 heterocycles. The number of carboxylic acids is 1. The molecule has 0 atom stereocenters. The lowest BCUT2D eigenvalue weighted by Gasteiger charge is -2.25. The van der Waals surface area contributed by atoms with Gasteiger partial charge in [-0.05, 0) is 36.1 Å². The van der Waals surface area contributed by atoms with Gasteiger partial charge >= 0.3 is 5.97 Å². The summed E-state index contributed by atoms with van der Waals surface area (Å²) in [6.07, 6.45) is 4.66. The molecule has 4 nitrogen and oxygen atoms in total. The van der Waals surface area contributed by atoms with Gasteiger partial charge in [0, 0.05) is 12.1 Å². The molecule has 1 rings (SSSR count). The maximum Gasteiger partial charge on any atom is 0.335 e. The van der Waals surface area contributed by atoms with Crippen molar-refractivity contribution in [2.75, 3.05) is 6.54 Å². The second-order valence-corrected chi connectivity index (χ2v) is 6.19. The Hall–Kier alpha value is -1.84. The van der Waals surface area contributed by atoms with Crippen molar-refractivity contribution in [1.82, 2.24) is 5.32 Å². The average Bonchev–Trinajstić information content (AvgIpc) is 2.45. The summed E-state index contributed by atoms with van der Waals surface area (Å²) in [5.41, 5.74) is 0.752. The van der Waals surface area contributed by atoms with Crippen molar-refractivity contribution in [3.8, 4) is 0 Å². The van der Waals surface area contributed by atoms with Gasteiger partial charge in [0.2, 0.25) is 0 Å². The Bertz CT molecular complexity index is 477. The third kappa shape index (κ3) is 5.98. The number of benzene rings is 1. The second kappa shape index (κ2) is 7.81. The number of hydrogen-bond acceptors (Lipinski definition) is 2. The van der Waals surface area contributed by atoms with E-state index < -0.39 is 5.97 Å². The van der Waals surface area contributed by atoms with Gasteiger partial charge < -0.3 is 10.4 Å². The molecule has 0 aliphatic heterocycles. The number of aromatic carboxylic acids is 1. The van der Waals surface area contributed by atoms with E-state index in [1.807, 2.05) is 0 Å². The van der Waals surface area contributed by atoms with Crippen molar-refractivity contribution in [1.29, 1.82) is 0 Å². The third-order valence-electron chi connectivity index (χ3n) is 3.58. The molecule has 21 heavy (non-hydrogen) atoms. The van der Waals surface area contributed by atoms with Gasteiger partial charge in [0.25, 0.3) is 5.91 Å². The minimum Gasteiger partial charge on any atom is -0.478 e. The molecular formula is C17H25NO3. The van der Waals surface area contributed by atoms with Crippen molar-refractivity contribution in [3.05, 3.63) is 35.4 Å². The van der Waals surface area contributed by atoms with Gasteiger partial charge in [-0.1, -0.05) is 40.0 Å². The van der Waals surface area contributed by atoms with Crippen LogP contribution in [0.15, 0.2) is 24.3 Å². The highest BCUT2D eigenvalue weighted by Crippen LogP contribution is 2.22. The molecule has 0 unspecified atom stereocenters. The third-order valence-corrected chi connectivity index (χ3v) is 3.58. The SMILES string of the molecule is CCCCCC(C)(C)CNC(=O)c1ccc(C(=O)O)cc1. The van der Waals surface area contributed by atoms with Gasteiger partial charge in [-0.3, -0.25) is 4.79 Å². The second-order valence-electron chi connectivity index (χ2n) is 6.19. The fourth-order valence-corrected chi connectivity index (χ4v) is 2.13. The maximum absolute atomic E-state index is 12.0. The Balaban J connectivity index is 2.51. The van der Waals surface area contributed by atoms with Gasteiger partial charge in [0.15, 0.2) is 0 Å². The number of carbonyl (C=O) groups excluding carboxylic acids is 1. The van der Waals surface area contributed by atoms with Crippen molar-refractivity contribution in [3.63, 3.8) is 0 Å². The molecule has 0 radical (unpaired) electrons. The monoisotopic (exact) mass is 291 g/mol. The largest absolute Gasteiger partial charge is 0.478 e. The summed E-state index contributed by atoms with van der Waals surface area (Å²) in [5.74, 6) is -1.14. The lowest BCUT2D eigenvalue weighted by molar-refractivity contribution is 0.0696. The first-order valence-corrected chi connectivity index (χ1v) is 7.47. The first-order chi connectivity index (χ1) is 9.85. The number of carboxylic acid groups (broad SMARTS) is 1. The predicted octanol–water partition coefficient (Wildman–Crippen LogP) is 3.72. The van der Waals surface area contributed by atoms with E-state index in [0.29, 0.717) is 12.1 Å². The van der Waals surface area contributed by atoms with Crippen molar-refractivity contribution >= 4 is 11.9 Å². The summed E-state index contributed by atoms with van der Waals surface area (Å²) in [6, 6.07) is 5.99. The standard InChI is InChI=1S/C17H25NO3/c1-4-5-6-11-17(2,3)12-18-15(19)13-7-9-14(10-8-13)16(20)21/h7-10H,4-6,11-12H2,1-3H3,(H,18,19)(H,20,21). The van der Waals surface area contributed by atoms with Gasteiger partial charge in [-0.25, -0.2) is 4.79 Å². The summed E-state index contributed by atoms with van der Waals surface area (Å²) in [5, 5.41) is 11.8. The van der Waals surface area contributed by atoms with Gasteiger partial charge in [0.1, 0.15) is 0 Å². The summed E-state index contributed by atoms with van der Waals surface area (Å²) in [7, 11) is 0. The Morgan fingerprint density at radius 3 is 2.19 bits per heavy atom. The smallest absolute Gasteiger partial charge is 0.335 e. The molecule has 0 fully saturated rings. The van der Waals surface area contributed by atoms with E-state index in [9.17, 15) is 9.59 Å². The molecule has 0 aliphatic rings. The van der Waals surface area contributed by atoms with Crippen LogP contribution in [0.1, 0.15) is 67.2 Å². The van der Waals surface area contributed by atoms with Crippen LogP contribution in [0.4, 0.5) is 0 Å². The maximum atomic E-state index is 12.0. The van der Waals surface area contributed by atoms with Crippen LogP contribution >= 0.6 is 0 Å². The fourth-order valence-electron chi connectivity index (χ4n) is 2.13. The van der Waals surface area contributed by atoms with Crippen molar-refractivity contribution in [2.45, 2.75) is 46.5 Å². The van der Waals surface area contributed by atoms with E-state index in [1.165, 1.54) is 31.4 Å². The van der Waals surface area contributed by atoms with Crippen LogP contribution in [-0.4, -0.2) is 23.5 Å². The van der Waals surface area contributed by atoms with E-state index in [2.05, 4.69) is 26.1 Å². The van der Waals surface area contributed by atoms with E-state index in [0.717, 1.165) is 6.42 Å². The quantitative estimate of drug-likeness (QED) is 0.717. The highest BCUT2D eigenvalue weighted by atomic mass is 16.4.